The van der Waals surface area contributed by atoms with E-state index >= 15 is 0 Å². The molecule has 0 unspecified atom stereocenters. The van der Waals surface area contributed by atoms with Crippen LogP contribution in [0.3, 0.4) is 0 Å². The smallest absolute Gasteiger partial charge is 0.187 e. The molecule has 0 saturated heterocycles. The summed E-state index contributed by atoms with van der Waals surface area (Å²) in [5, 5.41) is 4.19. The highest BCUT2D eigenvalue weighted by Crippen LogP contribution is 2.19. The molecule has 0 atom stereocenters. The molecule has 0 fully saturated rings. The zero-order valence-electron chi connectivity index (χ0n) is 12.3. The monoisotopic (exact) mass is 287 g/mol. The van der Waals surface area contributed by atoms with E-state index in [1.54, 1.807) is 11.8 Å². The van der Waals surface area contributed by atoms with E-state index in [4.69, 9.17) is 0 Å². The number of aromatic nitrogens is 2. The third-order valence-corrected chi connectivity index (χ3v) is 3.79. The van der Waals surface area contributed by atoms with Gasteiger partial charge in [-0.05, 0) is 12.5 Å². The van der Waals surface area contributed by atoms with Crippen molar-refractivity contribution in [2.45, 2.75) is 44.3 Å². The molecule has 2 aromatic rings. The molecule has 0 bridgehead atoms. The molecule has 106 valence electrons. The molecule has 0 aliphatic heterocycles. The summed E-state index contributed by atoms with van der Waals surface area (Å²) in [4.78, 5) is 8.81. The minimum absolute atomic E-state index is 0.477. The fourth-order valence-electron chi connectivity index (χ4n) is 1.78. The molecule has 1 N–H and O–H groups in total. The number of hydrogen-bond acceptors (Lipinski definition) is 4. The normalized spacial score (nSPS) is 11.0. The predicted octanol–water partition coefficient (Wildman–Crippen LogP) is 3.58. The predicted molar refractivity (Wildman–Crippen MR) is 84.7 cm³/mol. The number of thioether (sulfide) groups is 1. The molecule has 0 aliphatic rings. The Morgan fingerprint density at radius 1 is 1.15 bits per heavy atom. The Balaban J connectivity index is 1.87. The summed E-state index contributed by atoms with van der Waals surface area (Å²) >= 11 is 1.67. The van der Waals surface area contributed by atoms with E-state index in [0.29, 0.717) is 6.04 Å². The number of nitrogens with one attached hydrogen (secondary N) is 1. The quantitative estimate of drug-likeness (QED) is 0.651. The molecule has 0 radical (unpaired) electrons. The molecular weight excluding hydrogens is 266 g/mol. The van der Waals surface area contributed by atoms with Crippen molar-refractivity contribution in [1.29, 1.82) is 0 Å². The van der Waals surface area contributed by atoms with Crippen LogP contribution < -0.4 is 5.32 Å². The van der Waals surface area contributed by atoms with Crippen molar-refractivity contribution >= 4 is 11.8 Å². The second kappa shape index (κ2) is 7.41. The van der Waals surface area contributed by atoms with Gasteiger partial charge in [0.1, 0.15) is 0 Å². The minimum atomic E-state index is 0.477. The summed E-state index contributed by atoms with van der Waals surface area (Å²) in [6, 6.07) is 9.02. The van der Waals surface area contributed by atoms with Gasteiger partial charge in [0.25, 0.3) is 0 Å². The number of rotatable bonds is 6. The Kier molecular flexibility index (Phi) is 5.56. The van der Waals surface area contributed by atoms with Crippen LogP contribution in [0.25, 0.3) is 0 Å². The summed E-state index contributed by atoms with van der Waals surface area (Å²) < 4.78 is 0. The first-order valence-electron chi connectivity index (χ1n) is 6.86. The van der Waals surface area contributed by atoms with E-state index in [2.05, 4.69) is 60.3 Å². The summed E-state index contributed by atoms with van der Waals surface area (Å²) in [5.41, 5.74) is 3.72. The molecule has 4 heteroatoms. The molecule has 1 aromatic heterocycles. The van der Waals surface area contributed by atoms with Crippen molar-refractivity contribution in [3.8, 4) is 0 Å². The van der Waals surface area contributed by atoms with Gasteiger partial charge in [-0.15, -0.1) is 0 Å². The van der Waals surface area contributed by atoms with Crippen LogP contribution >= 0.6 is 11.8 Å². The van der Waals surface area contributed by atoms with Crippen molar-refractivity contribution in [1.82, 2.24) is 15.3 Å². The summed E-state index contributed by atoms with van der Waals surface area (Å²) in [6.07, 6.45) is 3.81. The Morgan fingerprint density at radius 2 is 1.90 bits per heavy atom. The Bertz CT molecular complexity index is 538. The molecule has 2 rings (SSSR count). The zero-order chi connectivity index (χ0) is 14.4. The average Bonchev–Trinajstić information content (AvgIpc) is 2.44. The van der Waals surface area contributed by atoms with Crippen LogP contribution in [-0.2, 0) is 12.3 Å². The van der Waals surface area contributed by atoms with Gasteiger partial charge in [0.05, 0.1) is 0 Å². The standard InChI is InChI=1S/C16H21N3S/c1-12(2)17-8-15-9-18-16(19-10-15)20-11-14-6-4-5-13(3)7-14/h4-7,9-10,12,17H,8,11H2,1-3H3. The maximum absolute atomic E-state index is 4.41. The molecule has 0 amide bonds. The van der Waals surface area contributed by atoms with E-state index in [0.717, 1.165) is 23.0 Å². The average molecular weight is 287 g/mol. The Morgan fingerprint density at radius 3 is 2.55 bits per heavy atom. The highest BCUT2D eigenvalue weighted by atomic mass is 32.2. The van der Waals surface area contributed by atoms with Gasteiger partial charge in [0.15, 0.2) is 5.16 Å². The molecule has 1 aromatic carbocycles. The number of hydrogen-bond donors (Lipinski definition) is 1. The van der Waals surface area contributed by atoms with Crippen molar-refractivity contribution in [3.63, 3.8) is 0 Å². The third-order valence-electron chi connectivity index (χ3n) is 2.85. The van der Waals surface area contributed by atoms with E-state index in [9.17, 15) is 0 Å². The fraction of sp³-hybridized carbons (Fsp3) is 0.375. The van der Waals surface area contributed by atoms with Crippen molar-refractivity contribution in [3.05, 3.63) is 53.3 Å². The van der Waals surface area contributed by atoms with Crippen LogP contribution in [0.1, 0.15) is 30.5 Å². The van der Waals surface area contributed by atoms with E-state index in [1.807, 2.05) is 12.4 Å². The van der Waals surface area contributed by atoms with Crippen LogP contribution in [0, 0.1) is 6.92 Å². The van der Waals surface area contributed by atoms with Gasteiger partial charge in [-0.3, -0.25) is 0 Å². The van der Waals surface area contributed by atoms with Gasteiger partial charge in [0, 0.05) is 36.3 Å². The van der Waals surface area contributed by atoms with E-state index in [-0.39, 0.29) is 0 Å². The van der Waals surface area contributed by atoms with Gasteiger partial charge < -0.3 is 5.32 Å². The number of nitrogens with zero attached hydrogens (tertiary/aromatic N) is 2. The molecular formula is C16H21N3S. The van der Waals surface area contributed by atoms with Gasteiger partial charge in [-0.1, -0.05) is 55.4 Å². The van der Waals surface area contributed by atoms with Crippen molar-refractivity contribution in [2.24, 2.45) is 0 Å². The lowest BCUT2D eigenvalue weighted by Gasteiger charge is -2.07. The maximum atomic E-state index is 4.41. The molecule has 20 heavy (non-hydrogen) atoms. The maximum Gasteiger partial charge on any atom is 0.187 e. The van der Waals surface area contributed by atoms with Gasteiger partial charge in [-0.25, -0.2) is 9.97 Å². The number of benzene rings is 1. The van der Waals surface area contributed by atoms with Crippen LogP contribution in [0.5, 0.6) is 0 Å². The number of aryl methyl sites for hydroxylation is 1. The summed E-state index contributed by atoms with van der Waals surface area (Å²) in [6.45, 7) is 7.20. The molecule has 3 nitrogen and oxygen atoms in total. The first kappa shape index (κ1) is 15.0. The van der Waals surface area contributed by atoms with Crippen LogP contribution in [0.2, 0.25) is 0 Å². The van der Waals surface area contributed by atoms with Crippen molar-refractivity contribution < 1.29 is 0 Å². The van der Waals surface area contributed by atoms with Crippen LogP contribution in [0.15, 0.2) is 41.8 Å². The van der Waals surface area contributed by atoms with E-state index < -0.39 is 0 Å². The van der Waals surface area contributed by atoms with Gasteiger partial charge in [-0.2, -0.15) is 0 Å². The minimum Gasteiger partial charge on any atom is -0.310 e. The topological polar surface area (TPSA) is 37.8 Å². The van der Waals surface area contributed by atoms with Crippen molar-refractivity contribution in [2.75, 3.05) is 0 Å². The SMILES string of the molecule is Cc1cccc(CSc2ncc(CNC(C)C)cn2)c1. The Hall–Kier alpha value is -1.39. The Labute approximate surface area is 125 Å². The first-order valence-corrected chi connectivity index (χ1v) is 7.84. The zero-order valence-corrected chi connectivity index (χ0v) is 13.1. The van der Waals surface area contributed by atoms with E-state index in [1.165, 1.54) is 11.1 Å². The van der Waals surface area contributed by atoms with Gasteiger partial charge in [0.2, 0.25) is 0 Å². The van der Waals surface area contributed by atoms with Crippen LogP contribution in [0.4, 0.5) is 0 Å². The highest BCUT2D eigenvalue weighted by Gasteiger charge is 2.01. The molecule has 1 heterocycles. The lowest BCUT2D eigenvalue weighted by atomic mass is 10.2. The highest BCUT2D eigenvalue weighted by molar-refractivity contribution is 7.98. The second-order valence-corrected chi connectivity index (χ2v) is 6.13. The van der Waals surface area contributed by atoms with Crippen LogP contribution in [-0.4, -0.2) is 16.0 Å². The first-order chi connectivity index (χ1) is 9.63. The lowest BCUT2D eigenvalue weighted by Crippen LogP contribution is -2.21. The largest absolute Gasteiger partial charge is 0.310 e. The fourth-order valence-corrected chi connectivity index (χ4v) is 2.51. The molecule has 0 aliphatic carbocycles. The molecule has 0 spiro atoms. The second-order valence-electron chi connectivity index (χ2n) is 5.19. The lowest BCUT2D eigenvalue weighted by molar-refractivity contribution is 0.585. The summed E-state index contributed by atoms with van der Waals surface area (Å²) in [5.74, 6) is 0.908. The summed E-state index contributed by atoms with van der Waals surface area (Å²) in [7, 11) is 0. The van der Waals surface area contributed by atoms with Gasteiger partial charge >= 0.3 is 0 Å². The molecule has 0 saturated carbocycles. The third kappa shape index (κ3) is 4.94.